The first-order chi connectivity index (χ1) is 25.8. The molecule has 10 aromatic rings. The van der Waals surface area contributed by atoms with Crippen LogP contribution in [0.15, 0.2) is 200 Å². The summed E-state index contributed by atoms with van der Waals surface area (Å²) in [6.07, 6.45) is 0. The van der Waals surface area contributed by atoms with Crippen LogP contribution in [0.2, 0.25) is 0 Å². The zero-order valence-electron chi connectivity index (χ0n) is 28.4. The smallest absolute Gasteiger partial charge is 0.0540 e. The van der Waals surface area contributed by atoms with Crippen molar-refractivity contribution in [3.05, 3.63) is 200 Å². The summed E-state index contributed by atoms with van der Waals surface area (Å²) in [4.78, 5) is 2.40. The molecule has 0 amide bonds. The molecular formula is C50H33NS. The van der Waals surface area contributed by atoms with Crippen LogP contribution in [0.1, 0.15) is 0 Å². The molecule has 10 rings (SSSR count). The maximum atomic E-state index is 2.40. The summed E-state index contributed by atoms with van der Waals surface area (Å²) in [6, 6.07) is 72.9. The van der Waals surface area contributed by atoms with Crippen LogP contribution in [0.5, 0.6) is 0 Å². The molecule has 0 aliphatic carbocycles. The van der Waals surface area contributed by atoms with Crippen LogP contribution < -0.4 is 4.90 Å². The summed E-state index contributed by atoms with van der Waals surface area (Å²) < 4.78 is 2.67. The highest BCUT2D eigenvalue weighted by Gasteiger charge is 2.19. The van der Waals surface area contributed by atoms with Gasteiger partial charge in [-0.15, -0.1) is 11.3 Å². The minimum Gasteiger partial charge on any atom is -0.310 e. The van der Waals surface area contributed by atoms with Gasteiger partial charge in [0.15, 0.2) is 0 Å². The molecule has 0 unspecified atom stereocenters. The first-order valence-corrected chi connectivity index (χ1v) is 18.6. The predicted octanol–water partition coefficient (Wildman–Crippen LogP) is 14.8. The van der Waals surface area contributed by atoms with Gasteiger partial charge in [0, 0.05) is 37.1 Å². The van der Waals surface area contributed by atoms with Crippen LogP contribution in [0.3, 0.4) is 0 Å². The molecule has 244 valence electrons. The maximum absolute atomic E-state index is 2.40. The van der Waals surface area contributed by atoms with Gasteiger partial charge in [0.05, 0.1) is 5.69 Å². The van der Waals surface area contributed by atoms with E-state index in [1.165, 1.54) is 75.1 Å². The highest BCUT2D eigenvalue weighted by atomic mass is 32.1. The summed E-state index contributed by atoms with van der Waals surface area (Å²) in [5.41, 5.74) is 10.6. The lowest BCUT2D eigenvalue weighted by Crippen LogP contribution is -2.11. The van der Waals surface area contributed by atoms with Crippen LogP contribution in [0.25, 0.3) is 75.1 Å². The molecule has 0 radical (unpaired) electrons. The van der Waals surface area contributed by atoms with Crippen LogP contribution in [-0.2, 0) is 0 Å². The largest absolute Gasteiger partial charge is 0.310 e. The summed E-state index contributed by atoms with van der Waals surface area (Å²) in [5, 5.41) is 7.75. The minimum atomic E-state index is 1.11. The van der Waals surface area contributed by atoms with Crippen LogP contribution >= 0.6 is 11.3 Å². The van der Waals surface area contributed by atoms with E-state index in [4.69, 9.17) is 0 Å². The van der Waals surface area contributed by atoms with Crippen molar-refractivity contribution in [3.63, 3.8) is 0 Å². The van der Waals surface area contributed by atoms with Crippen molar-refractivity contribution in [2.45, 2.75) is 0 Å². The Morgan fingerprint density at radius 2 is 0.885 bits per heavy atom. The van der Waals surface area contributed by atoms with Gasteiger partial charge in [-0.2, -0.15) is 0 Å². The first kappa shape index (κ1) is 30.4. The molecule has 0 fully saturated rings. The number of hydrogen-bond donors (Lipinski definition) is 0. The normalized spacial score (nSPS) is 11.5. The second kappa shape index (κ2) is 12.7. The fourth-order valence-corrected chi connectivity index (χ4v) is 8.86. The molecule has 2 heteroatoms. The van der Waals surface area contributed by atoms with Crippen molar-refractivity contribution >= 4 is 70.1 Å². The lowest BCUT2D eigenvalue weighted by Gasteiger charge is -2.28. The Labute approximate surface area is 307 Å². The Morgan fingerprint density at radius 3 is 1.69 bits per heavy atom. The van der Waals surface area contributed by atoms with Crippen LogP contribution in [0, 0.1) is 0 Å². The van der Waals surface area contributed by atoms with Crippen molar-refractivity contribution in [1.29, 1.82) is 0 Å². The standard InChI is InChI=1S/C50H33NS/c1-2-11-34(12-3-1)35-23-28-40(29-24-35)51(47-19-8-6-16-44(47)43-18-10-14-37-13-4-5-15-42(37)43)41-30-25-36(26-31-41)39-22-21-38-27-32-49-50(46(38)33-39)45-17-7-9-20-48(45)52-49/h1-33H. The molecular weight excluding hydrogens is 647 g/mol. The molecule has 1 aromatic heterocycles. The Balaban J connectivity index is 1.11. The first-order valence-electron chi connectivity index (χ1n) is 17.8. The second-order valence-corrected chi connectivity index (χ2v) is 14.4. The number of thiophene rings is 1. The van der Waals surface area contributed by atoms with E-state index in [1.54, 1.807) is 0 Å². The summed E-state index contributed by atoms with van der Waals surface area (Å²) >= 11 is 1.87. The molecule has 1 nitrogen and oxygen atoms in total. The summed E-state index contributed by atoms with van der Waals surface area (Å²) in [6.45, 7) is 0. The van der Waals surface area contributed by atoms with Crippen LogP contribution in [-0.4, -0.2) is 0 Å². The van der Waals surface area contributed by atoms with E-state index < -0.39 is 0 Å². The quantitative estimate of drug-likeness (QED) is 0.169. The van der Waals surface area contributed by atoms with E-state index in [1.807, 2.05) is 11.3 Å². The molecule has 1 heterocycles. The van der Waals surface area contributed by atoms with E-state index in [2.05, 4.69) is 205 Å². The molecule has 0 spiro atoms. The van der Waals surface area contributed by atoms with Gasteiger partial charge in [0.2, 0.25) is 0 Å². The zero-order valence-corrected chi connectivity index (χ0v) is 29.2. The molecule has 9 aromatic carbocycles. The average molecular weight is 680 g/mol. The van der Waals surface area contributed by atoms with Gasteiger partial charge < -0.3 is 4.90 Å². The Bertz CT molecular complexity index is 2880. The Kier molecular flexibility index (Phi) is 7.41. The number of nitrogens with zero attached hydrogens (tertiary/aromatic N) is 1. The van der Waals surface area contributed by atoms with Gasteiger partial charge in [-0.1, -0.05) is 152 Å². The highest BCUT2D eigenvalue weighted by molar-refractivity contribution is 7.26. The van der Waals surface area contributed by atoms with Gasteiger partial charge in [-0.25, -0.2) is 0 Å². The van der Waals surface area contributed by atoms with Gasteiger partial charge >= 0.3 is 0 Å². The minimum absolute atomic E-state index is 1.11. The van der Waals surface area contributed by atoms with Crippen molar-refractivity contribution in [2.24, 2.45) is 0 Å². The lowest BCUT2D eigenvalue weighted by molar-refractivity contribution is 1.28. The Hall–Kier alpha value is -6.48. The molecule has 52 heavy (non-hydrogen) atoms. The number of fused-ring (bicyclic) bond motifs is 6. The topological polar surface area (TPSA) is 3.24 Å². The van der Waals surface area contributed by atoms with Gasteiger partial charge in [-0.3, -0.25) is 0 Å². The van der Waals surface area contributed by atoms with Crippen molar-refractivity contribution in [1.82, 2.24) is 0 Å². The third kappa shape index (κ3) is 5.24. The zero-order chi connectivity index (χ0) is 34.4. The van der Waals surface area contributed by atoms with Crippen molar-refractivity contribution < 1.29 is 0 Å². The molecule has 0 saturated heterocycles. The fourth-order valence-electron chi connectivity index (χ4n) is 7.74. The van der Waals surface area contributed by atoms with E-state index in [-0.39, 0.29) is 0 Å². The number of anilines is 3. The Morgan fingerprint density at radius 1 is 0.327 bits per heavy atom. The molecule has 0 aliphatic rings. The fraction of sp³-hybridized carbons (Fsp3) is 0. The lowest BCUT2D eigenvalue weighted by atomic mass is 9.95. The second-order valence-electron chi connectivity index (χ2n) is 13.3. The predicted molar refractivity (Wildman–Crippen MR) is 225 cm³/mol. The summed E-state index contributed by atoms with van der Waals surface area (Å²) in [5.74, 6) is 0. The number of hydrogen-bond acceptors (Lipinski definition) is 2. The maximum Gasteiger partial charge on any atom is 0.0540 e. The number of rotatable bonds is 6. The molecule has 0 bridgehead atoms. The molecule has 0 N–H and O–H groups in total. The highest BCUT2D eigenvalue weighted by Crippen LogP contribution is 2.44. The van der Waals surface area contributed by atoms with Gasteiger partial charge in [0.1, 0.15) is 0 Å². The SMILES string of the molecule is c1ccc(-c2ccc(N(c3ccc(-c4ccc5ccc6sc7ccccc7c6c5c4)cc3)c3ccccc3-c3cccc4ccccc34)cc2)cc1. The third-order valence-electron chi connectivity index (χ3n) is 10.3. The van der Waals surface area contributed by atoms with Crippen molar-refractivity contribution in [2.75, 3.05) is 4.90 Å². The van der Waals surface area contributed by atoms with E-state index >= 15 is 0 Å². The monoisotopic (exact) mass is 679 g/mol. The molecule has 0 saturated carbocycles. The number of benzene rings is 9. The van der Waals surface area contributed by atoms with Gasteiger partial charge in [-0.05, 0) is 97.9 Å². The average Bonchev–Trinajstić information content (AvgIpc) is 3.61. The van der Waals surface area contributed by atoms with Crippen molar-refractivity contribution in [3.8, 4) is 33.4 Å². The molecule has 0 atom stereocenters. The van der Waals surface area contributed by atoms with E-state index in [0.29, 0.717) is 0 Å². The molecule has 0 aliphatic heterocycles. The van der Waals surface area contributed by atoms with Crippen LogP contribution in [0.4, 0.5) is 17.1 Å². The third-order valence-corrected chi connectivity index (χ3v) is 11.4. The van der Waals surface area contributed by atoms with E-state index in [9.17, 15) is 0 Å². The van der Waals surface area contributed by atoms with E-state index in [0.717, 1.165) is 17.1 Å². The van der Waals surface area contributed by atoms with Gasteiger partial charge in [0.25, 0.3) is 0 Å². The number of para-hydroxylation sites is 1. The summed E-state index contributed by atoms with van der Waals surface area (Å²) in [7, 11) is 0.